The lowest BCUT2D eigenvalue weighted by atomic mass is 10.4. The van der Waals surface area contributed by atoms with Crippen molar-refractivity contribution in [1.29, 1.82) is 0 Å². The minimum atomic E-state index is 0.477. The van der Waals surface area contributed by atoms with Gasteiger partial charge in [-0.25, -0.2) is 9.97 Å². The lowest BCUT2D eigenvalue weighted by Gasteiger charge is -2.24. The first-order valence-corrected chi connectivity index (χ1v) is 7.52. The van der Waals surface area contributed by atoms with Crippen molar-refractivity contribution in [3.8, 4) is 0 Å². The highest BCUT2D eigenvalue weighted by molar-refractivity contribution is 6.29. The molecule has 0 amide bonds. The van der Waals surface area contributed by atoms with Crippen molar-refractivity contribution in [2.45, 2.75) is 27.2 Å². The van der Waals surface area contributed by atoms with Crippen LogP contribution in [0.2, 0.25) is 5.15 Å². The first-order valence-electron chi connectivity index (χ1n) is 7.15. The van der Waals surface area contributed by atoms with Crippen LogP contribution >= 0.6 is 11.6 Å². The van der Waals surface area contributed by atoms with Crippen molar-refractivity contribution in [1.82, 2.24) is 9.97 Å². The van der Waals surface area contributed by atoms with E-state index in [1.165, 1.54) is 0 Å². The Balaban J connectivity index is 2.75. The van der Waals surface area contributed by atoms with Gasteiger partial charge in [-0.05, 0) is 13.8 Å². The lowest BCUT2D eigenvalue weighted by Crippen LogP contribution is -2.32. The Morgan fingerprint density at radius 3 is 2.15 bits per heavy atom. The summed E-state index contributed by atoms with van der Waals surface area (Å²) in [6.07, 6.45) is 0.762. The van der Waals surface area contributed by atoms with Crippen molar-refractivity contribution in [3.05, 3.63) is 17.0 Å². The zero-order valence-corrected chi connectivity index (χ0v) is 13.3. The third-order valence-corrected chi connectivity index (χ3v) is 2.98. The topological polar surface area (TPSA) is 47.5 Å². The predicted molar refractivity (Wildman–Crippen MR) is 81.6 cm³/mol. The molecule has 1 rings (SSSR count). The highest BCUT2D eigenvalue weighted by atomic mass is 35.5. The van der Waals surface area contributed by atoms with Crippen LogP contribution < -0.4 is 4.90 Å². The highest BCUT2D eigenvalue weighted by Crippen LogP contribution is 2.16. The summed E-state index contributed by atoms with van der Waals surface area (Å²) < 4.78 is 10.8. The summed E-state index contributed by atoms with van der Waals surface area (Å²) in [4.78, 5) is 10.8. The molecule has 0 fully saturated rings. The van der Waals surface area contributed by atoms with Gasteiger partial charge in [0.2, 0.25) is 0 Å². The molecule has 0 bridgehead atoms. The van der Waals surface area contributed by atoms with Crippen LogP contribution in [0.15, 0.2) is 6.07 Å². The van der Waals surface area contributed by atoms with E-state index in [2.05, 4.69) is 14.9 Å². The minimum Gasteiger partial charge on any atom is -0.380 e. The van der Waals surface area contributed by atoms with Crippen LogP contribution in [-0.2, 0) is 15.9 Å². The van der Waals surface area contributed by atoms with Gasteiger partial charge in [-0.15, -0.1) is 0 Å². The second-order valence-electron chi connectivity index (χ2n) is 4.20. The second-order valence-corrected chi connectivity index (χ2v) is 4.59. The molecular formula is C14H24ClN3O2. The number of halogens is 1. The van der Waals surface area contributed by atoms with E-state index in [0.29, 0.717) is 31.6 Å². The molecule has 0 aliphatic rings. The largest absolute Gasteiger partial charge is 0.380 e. The number of ether oxygens (including phenoxy) is 2. The van der Waals surface area contributed by atoms with Crippen LogP contribution in [0.25, 0.3) is 0 Å². The molecule has 0 spiro atoms. The van der Waals surface area contributed by atoms with E-state index in [0.717, 1.165) is 31.2 Å². The van der Waals surface area contributed by atoms with Crippen molar-refractivity contribution >= 4 is 17.4 Å². The minimum absolute atomic E-state index is 0.477. The quantitative estimate of drug-likeness (QED) is 0.491. The molecule has 0 aliphatic carbocycles. The van der Waals surface area contributed by atoms with Crippen LogP contribution in [0.4, 0.5) is 5.82 Å². The van der Waals surface area contributed by atoms with E-state index >= 15 is 0 Å². The molecule has 6 heteroatoms. The number of hydrogen-bond donors (Lipinski definition) is 0. The number of nitrogens with zero attached hydrogens (tertiary/aromatic N) is 3. The normalized spacial score (nSPS) is 10.8. The van der Waals surface area contributed by atoms with E-state index in [1.54, 1.807) is 6.07 Å². The van der Waals surface area contributed by atoms with Gasteiger partial charge in [0.05, 0.1) is 13.2 Å². The van der Waals surface area contributed by atoms with E-state index < -0.39 is 0 Å². The molecule has 114 valence electrons. The number of aromatic nitrogens is 2. The van der Waals surface area contributed by atoms with Crippen LogP contribution in [0.1, 0.15) is 26.6 Å². The first kappa shape index (κ1) is 17.1. The smallest absolute Gasteiger partial charge is 0.134 e. The monoisotopic (exact) mass is 301 g/mol. The van der Waals surface area contributed by atoms with Gasteiger partial charge in [-0.3, -0.25) is 0 Å². The van der Waals surface area contributed by atoms with Crippen molar-refractivity contribution in [3.63, 3.8) is 0 Å². The van der Waals surface area contributed by atoms with Crippen molar-refractivity contribution < 1.29 is 9.47 Å². The van der Waals surface area contributed by atoms with E-state index in [4.69, 9.17) is 21.1 Å². The fraction of sp³-hybridized carbons (Fsp3) is 0.714. The number of hydrogen-bond acceptors (Lipinski definition) is 5. The SMILES string of the molecule is CCOCCN(CCOCC)c1cc(Cl)nc(CC)n1. The summed E-state index contributed by atoms with van der Waals surface area (Å²) in [5.41, 5.74) is 0. The molecule has 1 heterocycles. The maximum atomic E-state index is 6.06. The molecule has 20 heavy (non-hydrogen) atoms. The van der Waals surface area contributed by atoms with Gasteiger partial charge in [-0.2, -0.15) is 0 Å². The average molecular weight is 302 g/mol. The zero-order valence-electron chi connectivity index (χ0n) is 12.6. The Bertz CT molecular complexity index is 381. The fourth-order valence-corrected chi connectivity index (χ4v) is 1.95. The van der Waals surface area contributed by atoms with Crippen LogP contribution in [0.5, 0.6) is 0 Å². The van der Waals surface area contributed by atoms with E-state index in [-0.39, 0.29) is 0 Å². The van der Waals surface area contributed by atoms with Crippen molar-refractivity contribution in [2.75, 3.05) is 44.4 Å². The fourth-order valence-electron chi connectivity index (χ4n) is 1.75. The molecule has 0 aromatic carbocycles. The van der Waals surface area contributed by atoms with Gasteiger partial charge in [0.15, 0.2) is 0 Å². The Labute approximate surface area is 126 Å². The molecule has 0 saturated heterocycles. The van der Waals surface area contributed by atoms with Gasteiger partial charge in [0.1, 0.15) is 16.8 Å². The van der Waals surface area contributed by atoms with Gasteiger partial charge in [0.25, 0.3) is 0 Å². The van der Waals surface area contributed by atoms with E-state index in [1.807, 2.05) is 20.8 Å². The molecular weight excluding hydrogens is 278 g/mol. The predicted octanol–water partition coefficient (Wildman–Crippen LogP) is 2.57. The summed E-state index contributed by atoms with van der Waals surface area (Å²) in [7, 11) is 0. The molecule has 0 unspecified atom stereocenters. The Hall–Kier alpha value is -0.910. The highest BCUT2D eigenvalue weighted by Gasteiger charge is 2.11. The Kier molecular flexibility index (Phi) is 8.49. The summed E-state index contributed by atoms with van der Waals surface area (Å²) in [6.45, 7) is 10.3. The average Bonchev–Trinajstić information content (AvgIpc) is 2.45. The van der Waals surface area contributed by atoms with Gasteiger partial charge in [0, 0.05) is 38.8 Å². The molecule has 0 saturated carbocycles. The molecule has 5 nitrogen and oxygen atoms in total. The summed E-state index contributed by atoms with van der Waals surface area (Å²) in [6, 6.07) is 1.79. The standard InChI is InChI=1S/C14H24ClN3O2/c1-4-13-16-12(15)11-14(17-13)18(7-9-19-5-2)8-10-20-6-3/h11H,4-10H2,1-3H3. The molecule has 1 aromatic heterocycles. The van der Waals surface area contributed by atoms with Gasteiger partial charge in [-0.1, -0.05) is 18.5 Å². The maximum absolute atomic E-state index is 6.06. The van der Waals surface area contributed by atoms with Crippen molar-refractivity contribution in [2.24, 2.45) is 0 Å². The third-order valence-electron chi connectivity index (χ3n) is 2.79. The van der Waals surface area contributed by atoms with Crippen LogP contribution in [0.3, 0.4) is 0 Å². The second kappa shape index (κ2) is 9.91. The molecule has 0 atom stereocenters. The molecule has 0 radical (unpaired) electrons. The number of rotatable bonds is 10. The first-order chi connectivity index (χ1) is 9.71. The third kappa shape index (κ3) is 6.03. The van der Waals surface area contributed by atoms with Crippen LogP contribution in [-0.4, -0.2) is 49.5 Å². The molecule has 0 N–H and O–H groups in total. The maximum Gasteiger partial charge on any atom is 0.134 e. The van der Waals surface area contributed by atoms with E-state index in [9.17, 15) is 0 Å². The Morgan fingerprint density at radius 1 is 1.05 bits per heavy atom. The zero-order chi connectivity index (χ0) is 14.8. The summed E-state index contributed by atoms with van der Waals surface area (Å²) in [5, 5.41) is 0.477. The summed E-state index contributed by atoms with van der Waals surface area (Å²) in [5.74, 6) is 1.59. The van der Waals surface area contributed by atoms with Gasteiger partial charge < -0.3 is 14.4 Å². The lowest BCUT2D eigenvalue weighted by molar-refractivity contribution is 0.141. The Morgan fingerprint density at radius 2 is 1.65 bits per heavy atom. The molecule has 1 aromatic rings. The van der Waals surface area contributed by atoms with Crippen LogP contribution in [0, 0.1) is 0 Å². The number of aryl methyl sites for hydroxylation is 1. The van der Waals surface area contributed by atoms with Gasteiger partial charge >= 0.3 is 0 Å². The number of anilines is 1. The molecule has 0 aliphatic heterocycles. The summed E-state index contributed by atoms with van der Waals surface area (Å²) >= 11 is 6.06.